The van der Waals surface area contributed by atoms with Crippen molar-refractivity contribution in [1.29, 1.82) is 0 Å². The van der Waals surface area contributed by atoms with E-state index in [9.17, 15) is 19.5 Å². The van der Waals surface area contributed by atoms with Crippen molar-refractivity contribution in [2.45, 2.75) is 90.5 Å². The lowest BCUT2D eigenvalue weighted by Gasteiger charge is -2.35. The number of aliphatic hydroxyl groups excluding tert-OH is 1. The number of hydrogen-bond acceptors (Lipinski definition) is 7. The van der Waals surface area contributed by atoms with Crippen LogP contribution < -0.4 is 5.32 Å². The van der Waals surface area contributed by atoms with Crippen LogP contribution in [-0.2, 0) is 37.0 Å². The Bertz CT molecular complexity index is 1100. The number of carbonyl (C=O) groups excluding carboxylic acids is 3. The quantitative estimate of drug-likeness (QED) is 0.400. The zero-order chi connectivity index (χ0) is 29.3. The van der Waals surface area contributed by atoms with E-state index in [4.69, 9.17) is 14.2 Å². The highest BCUT2D eigenvalue weighted by Gasteiger charge is 2.44. The molecule has 0 radical (unpaired) electrons. The number of rotatable bonds is 11. The minimum atomic E-state index is -1.14. The highest BCUT2D eigenvalue weighted by Crippen LogP contribution is 2.31. The molecular formula is C31H42N2O7. The van der Waals surface area contributed by atoms with E-state index in [0.717, 1.165) is 11.1 Å². The van der Waals surface area contributed by atoms with Gasteiger partial charge in [0, 0.05) is 12.1 Å². The lowest BCUT2D eigenvalue weighted by Crippen LogP contribution is -2.55. The average Bonchev–Trinajstić information content (AvgIpc) is 3.30. The fourth-order valence-corrected chi connectivity index (χ4v) is 4.77. The summed E-state index contributed by atoms with van der Waals surface area (Å²) in [6.45, 7) is 8.67. The maximum Gasteiger partial charge on any atom is 0.410 e. The minimum absolute atomic E-state index is 0.0352. The molecule has 1 fully saturated rings. The van der Waals surface area contributed by atoms with Gasteiger partial charge in [-0.3, -0.25) is 4.79 Å². The number of ether oxygens (including phenoxy) is 3. The van der Waals surface area contributed by atoms with Crippen molar-refractivity contribution in [2.75, 3.05) is 6.61 Å². The van der Waals surface area contributed by atoms with Crippen molar-refractivity contribution in [3.05, 3.63) is 71.8 Å². The number of hydrogen-bond donors (Lipinski definition) is 2. The Hall–Kier alpha value is -3.43. The Kier molecular flexibility index (Phi) is 11.1. The second-order valence-electron chi connectivity index (χ2n) is 11.3. The van der Waals surface area contributed by atoms with Crippen molar-refractivity contribution < 1.29 is 33.7 Å². The predicted octanol–water partition coefficient (Wildman–Crippen LogP) is 4.22. The number of nitrogens with one attached hydrogen (secondary N) is 1. The molecule has 1 aliphatic rings. The van der Waals surface area contributed by atoms with Crippen LogP contribution >= 0.6 is 0 Å². The number of nitrogens with zero attached hydrogens (tertiary/aromatic N) is 1. The molecule has 2 aromatic carbocycles. The molecule has 1 aliphatic heterocycles. The lowest BCUT2D eigenvalue weighted by molar-refractivity contribution is -0.154. The number of benzene rings is 2. The molecule has 9 heteroatoms. The van der Waals surface area contributed by atoms with Gasteiger partial charge in [0.25, 0.3) is 0 Å². The molecule has 2 amide bonds. The first-order valence-corrected chi connectivity index (χ1v) is 13.8. The topological polar surface area (TPSA) is 114 Å². The first-order chi connectivity index (χ1) is 19.0. The third kappa shape index (κ3) is 8.79. The second kappa shape index (κ2) is 14.3. The van der Waals surface area contributed by atoms with Gasteiger partial charge in [0.2, 0.25) is 5.91 Å². The summed E-state index contributed by atoms with van der Waals surface area (Å²) >= 11 is 0. The van der Waals surface area contributed by atoms with Gasteiger partial charge in [-0.2, -0.15) is 0 Å². The third-order valence-electron chi connectivity index (χ3n) is 6.92. The predicted molar refractivity (Wildman–Crippen MR) is 150 cm³/mol. The average molecular weight is 555 g/mol. The van der Waals surface area contributed by atoms with E-state index in [1.54, 1.807) is 27.7 Å². The first kappa shape index (κ1) is 31.1. The highest BCUT2D eigenvalue weighted by molar-refractivity contribution is 5.87. The molecular weight excluding hydrogens is 512 g/mol. The SMILES string of the molecule is CC1CCC(C(CO)C(=O)N[C@H](C(=O)OCc2ccccc2)[C@@H](C)OCc2ccccc2)N1C(=O)OC(C)(C)C. The first-order valence-electron chi connectivity index (χ1n) is 13.8. The maximum atomic E-state index is 13.6. The van der Waals surface area contributed by atoms with Gasteiger partial charge in [-0.05, 0) is 58.6 Å². The van der Waals surface area contributed by atoms with Gasteiger partial charge < -0.3 is 29.5 Å². The van der Waals surface area contributed by atoms with Gasteiger partial charge in [-0.1, -0.05) is 60.7 Å². The Labute approximate surface area is 236 Å². The van der Waals surface area contributed by atoms with Crippen LogP contribution in [0.1, 0.15) is 58.6 Å². The molecule has 1 heterocycles. The summed E-state index contributed by atoms with van der Waals surface area (Å²) in [7, 11) is 0. The second-order valence-corrected chi connectivity index (χ2v) is 11.3. The van der Waals surface area contributed by atoms with E-state index in [2.05, 4.69) is 5.32 Å². The van der Waals surface area contributed by atoms with Crippen molar-refractivity contribution in [3.63, 3.8) is 0 Å². The van der Waals surface area contributed by atoms with Crippen molar-refractivity contribution >= 4 is 18.0 Å². The third-order valence-corrected chi connectivity index (χ3v) is 6.92. The van der Waals surface area contributed by atoms with Gasteiger partial charge in [0.1, 0.15) is 12.2 Å². The molecule has 40 heavy (non-hydrogen) atoms. The van der Waals surface area contributed by atoms with Gasteiger partial charge in [-0.15, -0.1) is 0 Å². The van der Waals surface area contributed by atoms with Crippen LogP contribution in [-0.4, -0.2) is 64.4 Å². The van der Waals surface area contributed by atoms with E-state index in [1.807, 2.05) is 67.6 Å². The Balaban J connectivity index is 1.76. The molecule has 3 unspecified atom stereocenters. The molecule has 0 spiro atoms. The van der Waals surface area contributed by atoms with Crippen LogP contribution in [0, 0.1) is 5.92 Å². The summed E-state index contributed by atoms with van der Waals surface area (Å²) in [5, 5.41) is 13.0. The Morgan fingerprint density at radius 1 is 0.975 bits per heavy atom. The summed E-state index contributed by atoms with van der Waals surface area (Å²) in [5.74, 6) is -2.19. The van der Waals surface area contributed by atoms with Crippen LogP contribution in [0.15, 0.2) is 60.7 Å². The van der Waals surface area contributed by atoms with Gasteiger partial charge in [0.15, 0.2) is 6.04 Å². The molecule has 1 saturated heterocycles. The molecule has 0 saturated carbocycles. The maximum absolute atomic E-state index is 13.6. The molecule has 2 N–H and O–H groups in total. The standard InChI is InChI=1S/C31H42N2O7/c1-21-16-17-26(33(21)30(37)40-31(3,4)5)25(18-34)28(35)32-27(22(2)38-19-23-12-8-6-9-13-23)29(36)39-20-24-14-10-7-11-15-24/h6-15,21-22,25-27,34H,16-20H2,1-5H3,(H,32,35)/t21?,22-,25?,26?,27+/m1/s1. The minimum Gasteiger partial charge on any atom is -0.459 e. The van der Waals surface area contributed by atoms with Crippen molar-refractivity contribution in [2.24, 2.45) is 5.92 Å². The fourth-order valence-electron chi connectivity index (χ4n) is 4.77. The van der Waals surface area contributed by atoms with Gasteiger partial charge >= 0.3 is 12.1 Å². The zero-order valence-corrected chi connectivity index (χ0v) is 24.0. The Morgan fingerprint density at radius 3 is 2.10 bits per heavy atom. The van der Waals surface area contributed by atoms with E-state index < -0.39 is 54.3 Å². The van der Waals surface area contributed by atoms with E-state index in [1.165, 1.54) is 4.90 Å². The number of esters is 1. The number of carbonyl (C=O) groups is 3. The van der Waals surface area contributed by atoms with Gasteiger partial charge in [-0.25, -0.2) is 9.59 Å². The molecule has 3 rings (SSSR count). The molecule has 0 bridgehead atoms. The molecule has 0 aromatic heterocycles. The summed E-state index contributed by atoms with van der Waals surface area (Å²) in [6.07, 6.45) is -0.0990. The fraction of sp³-hybridized carbons (Fsp3) is 0.516. The number of amides is 2. The monoisotopic (exact) mass is 554 g/mol. The van der Waals surface area contributed by atoms with E-state index >= 15 is 0 Å². The van der Waals surface area contributed by atoms with E-state index in [-0.39, 0.29) is 19.3 Å². The van der Waals surface area contributed by atoms with Crippen LogP contribution in [0.4, 0.5) is 4.79 Å². The molecule has 2 aromatic rings. The zero-order valence-electron chi connectivity index (χ0n) is 24.0. The van der Waals surface area contributed by atoms with Crippen LogP contribution in [0.25, 0.3) is 0 Å². The number of aliphatic hydroxyl groups is 1. The van der Waals surface area contributed by atoms with Crippen LogP contribution in [0.5, 0.6) is 0 Å². The summed E-state index contributed by atoms with van der Waals surface area (Å²) < 4.78 is 17.1. The van der Waals surface area contributed by atoms with Gasteiger partial charge in [0.05, 0.1) is 25.2 Å². The molecule has 5 atom stereocenters. The Morgan fingerprint density at radius 2 is 1.55 bits per heavy atom. The largest absolute Gasteiger partial charge is 0.459 e. The van der Waals surface area contributed by atoms with E-state index in [0.29, 0.717) is 12.8 Å². The summed E-state index contributed by atoms with van der Waals surface area (Å²) in [5.41, 5.74) is 1.01. The summed E-state index contributed by atoms with van der Waals surface area (Å²) in [4.78, 5) is 41.4. The van der Waals surface area contributed by atoms with Crippen LogP contribution in [0.2, 0.25) is 0 Å². The molecule has 9 nitrogen and oxygen atoms in total. The normalized spacial score (nSPS) is 19.4. The highest BCUT2D eigenvalue weighted by atomic mass is 16.6. The smallest absolute Gasteiger partial charge is 0.410 e. The lowest BCUT2D eigenvalue weighted by atomic mass is 9.96. The number of likely N-dealkylation sites (tertiary alicyclic amines) is 1. The van der Waals surface area contributed by atoms with Crippen molar-refractivity contribution in [1.82, 2.24) is 10.2 Å². The molecule has 218 valence electrons. The summed E-state index contributed by atoms with van der Waals surface area (Å²) in [6, 6.07) is 16.8. The van der Waals surface area contributed by atoms with Crippen molar-refractivity contribution in [3.8, 4) is 0 Å². The van der Waals surface area contributed by atoms with Crippen LogP contribution in [0.3, 0.4) is 0 Å². The molecule has 0 aliphatic carbocycles.